The third-order valence-corrected chi connectivity index (χ3v) is 6.21. The van der Waals surface area contributed by atoms with Crippen molar-refractivity contribution in [2.45, 2.75) is 63.5 Å². The highest BCUT2D eigenvalue weighted by Crippen LogP contribution is 2.34. The number of hydrogen-bond donors (Lipinski definition) is 0. The zero-order chi connectivity index (χ0) is 17.9. The number of amides is 1. The predicted octanol–water partition coefficient (Wildman–Crippen LogP) is 2.29. The fourth-order valence-corrected chi connectivity index (χ4v) is 4.74. The molecule has 3 heterocycles. The standard InChI is InChI=1S/C20H32N4O2/c1-22-14-17(19(21-22)16-6-3-2-4-7-16)15-23-9-11-24(12-10-23)20(25)18-8-5-13-26-18/h14,16,18H,2-13,15H2,1H3. The summed E-state index contributed by atoms with van der Waals surface area (Å²) in [7, 11) is 2.04. The molecule has 6 nitrogen and oxygen atoms in total. The lowest BCUT2D eigenvalue weighted by Crippen LogP contribution is -2.51. The molecule has 1 amide bonds. The van der Waals surface area contributed by atoms with Gasteiger partial charge in [-0.25, -0.2) is 0 Å². The molecule has 0 bridgehead atoms. The van der Waals surface area contributed by atoms with Crippen molar-refractivity contribution in [3.63, 3.8) is 0 Å². The summed E-state index contributed by atoms with van der Waals surface area (Å²) >= 11 is 0. The first-order chi connectivity index (χ1) is 12.7. The molecule has 1 aliphatic carbocycles. The molecule has 1 aromatic rings. The molecule has 2 saturated heterocycles. The normalized spacial score (nSPS) is 25.7. The summed E-state index contributed by atoms with van der Waals surface area (Å²) in [5.74, 6) is 0.841. The number of nitrogens with zero attached hydrogens (tertiary/aromatic N) is 4. The van der Waals surface area contributed by atoms with Crippen LogP contribution in [0.15, 0.2) is 6.20 Å². The maximum Gasteiger partial charge on any atom is 0.251 e. The van der Waals surface area contributed by atoms with Crippen LogP contribution in [0, 0.1) is 0 Å². The third kappa shape index (κ3) is 3.96. The van der Waals surface area contributed by atoms with E-state index in [0.717, 1.165) is 52.2 Å². The van der Waals surface area contributed by atoms with Crippen LogP contribution in [0.25, 0.3) is 0 Å². The number of piperazine rings is 1. The van der Waals surface area contributed by atoms with Crippen LogP contribution in [0.2, 0.25) is 0 Å². The van der Waals surface area contributed by atoms with Crippen LogP contribution in [-0.2, 0) is 23.1 Å². The highest BCUT2D eigenvalue weighted by atomic mass is 16.5. The topological polar surface area (TPSA) is 50.6 Å². The van der Waals surface area contributed by atoms with Crippen molar-refractivity contribution in [3.05, 3.63) is 17.5 Å². The quantitative estimate of drug-likeness (QED) is 0.827. The molecule has 0 radical (unpaired) electrons. The Balaban J connectivity index is 1.33. The van der Waals surface area contributed by atoms with Gasteiger partial charge in [0.1, 0.15) is 6.10 Å². The van der Waals surface area contributed by atoms with Gasteiger partial charge in [0, 0.05) is 64.1 Å². The van der Waals surface area contributed by atoms with Gasteiger partial charge < -0.3 is 9.64 Å². The molecule has 3 aliphatic rings. The van der Waals surface area contributed by atoms with Crippen molar-refractivity contribution in [2.24, 2.45) is 7.05 Å². The molecule has 144 valence electrons. The van der Waals surface area contributed by atoms with Gasteiger partial charge in [-0.2, -0.15) is 5.10 Å². The fraction of sp³-hybridized carbons (Fsp3) is 0.800. The first-order valence-electron chi connectivity index (χ1n) is 10.4. The van der Waals surface area contributed by atoms with Crippen LogP contribution in [0.3, 0.4) is 0 Å². The van der Waals surface area contributed by atoms with Crippen LogP contribution in [0.4, 0.5) is 0 Å². The summed E-state index contributed by atoms with van der Waals surface area (Å²) in [6.07, 6.45) is 10.5. The van der Waals surface area contributed by atoms with E-state index in [9.17, 15) is 4.79 Å². The Kier molecular flexibility index (Phi) is 5.60. The van der Waals surface area contributed by atoms with Gasteiger partial charge in [0.2, 0.25) is 0 Å². The van der Waals surface area contributed by atoms with E-state index >= 15 is 0 Å². The van der Waals surface area contributed by atoms with Crippen LogP contribution >= 0.6 is 0 Å². The highest BCUT2D eigenvalue weighted by molar-refractivity contribution is 5.81. The number of carbonyl (C=O) groups is 1. The van der Waals surface area contributed by atoms with Crippen molar-refractivity contribution in [2.75, 3.05) is 32.8 Å². The van der Waals surface area contributed by atoms with Crippen molar-refractivity contribution in [3.8, 4) is 0 Å². The second-order valence-electron chi connectivity index (χ2n) is 8.15. The van der Waals surface area contributed by atoms with E-state index < -0.39 is 0 Å². The van der Waals surface area contributed by atoms with Gasteiger partial charge in [0.15, 0.2) is 0 Å². The monoisotopic (exact) mass is 360 g/mol. The minimum absolute atomic E-state index is 0.183. The first kappa shape index (κ1) is 18.0. The Morgan fingerprint density at radius 3 is 2.58 bits per heavy atom. The number of aryl methyl sites for hydroxylation is 1. The molecule has 1 saturated carbocycles. The average Bonchev–Trinajstić information content (AvgIpc) is 3.32. The Bertz CT molecular complexity index is 609. The molecular weight excluding hydrogens is 328 g/mol. The minimum Gasteiger partial charge on any atom is -0.368 e. The van der Waals surface area contributed by atoms with Crippen LogP contribution in [-0.4, -0.2) is 64.4 Å². The Hall–Kier alpha value is -1.40. The number of carbonyl (C=O) groups excluding carboxylic acids is 1. The van der Waals surface area contributed by atoms with E-state index in [1.54, 1.807) is 0 Å². The molecule has 0 spiro atoms. The summed E-state index contributed by atoms with van der Waals surface area (Å²) in [5.41, 5.74) is 2.71. The van der Waals surface area contributed by atoms with Gasteiger partial charge in [0.25, 0.3) is 5.91 Å². The minimum atomic E-state index is -0.183. The number of rotatable bonds is 4. The zero-order valence-electron chi connectivity index (χ0n) is 16.0. The number of hydrogen-bond acceptors (Lipinski definition) is 4. The molecule has 6 heteroatoms. The van der Waals surface area contributed by atoms with Gasteiger partial charge in [-0.05, 0) is 25.7 Å². The van der Waals surface area contributed by atoms with Crippen LogP contribution in [0.5, 0.6) is 0 Å². The summed E-state index contributed by atoms with van der Waals surface area (Å²) in [6, 6.07) is 0. The second kappa shape index (κ2) is 8.09. The van der Waals surface area contributed by atoms with Gasteiger partial charge >= 0.3 is 0 Å². The zero-order valence-corrected chi connectivity index (χ0v) is 16.0. The van der Waals surface area contributed by atoms with Crippen molar-refractivity contribution >= 4 is 5.91 Å². The van der Waals surface area contributed by atoms with E-state index in [1.165, 1.54) is 43.4 Å². The molecule has 2 aliphatic heterocycles. The molecule has 1 aromatic heterocycles. The van der Waals surface area contributed by atoms with Crippen LogP contribution < -0.4 is 0 Å². The second-order valence-corrected chi connectivity index (χ2v) is 8.15. The summed E-state index contributed by atoms with van der Waals surface area (Å²) in [6.45, 7) is 5.22. The van der Waals surface area contributed by atoms with E-state index in [4.69, 9.17) is 9.84 Å². The van der Waals surface area contributed by atoms with Crippen molar-refractivity contribution in [1.82, 2.24) is 19.6 Å². The van der Waals surface area contributed by atoms with Gasteiger partial charge in [-0.1, -0.05) is 19.3 Å². The van der Waals surface area contributed by atoms with Crippen molar-refractivity contribution in [1.29, 1.82) is 0 Å². The lowest BCUT2D eigenvalue weighted by molar-refractivity contribution is -0.142. The molecule has 1 atom stereocenters. The molecule has 4 rings (SSSR count). The van der Waals surface area contributed by atoms with E-state index in [0.29, 0.717) is 5.92 Å². The van der Waals surface area contributed by atoms with Gasteiger partial charge in [0.05, 0.1) is 5.69 Å². The van der Waals surface area contributed by atoms with E-state index in [1.807, 2.05) is 16.6 Å². The fourth-order valence-electron chi connectivity index (χ4n) is 4.74. The molecule has 0 N–H and O–H groups in total. The third-order valence-electron chi connectivity index (χ3n) is 6.21. The largest absolute Gasteiger partial charge is 0.368 e. The molecule has 3 fully saturated rings. The molecule has 26 heavy (non-hydrogen) atoms. The molecular formula is C20H32N4O2. The summed E-state index contributed by atoms with van der Waals surface area (Å²) < 4.78 is 7.54. The predicted molar refractivity (Wildman–Crippen MR) is 99.9 cm³/mol. The smallest absolute Gasteiger partial charge is 0.251 e. The average molecular weight is 361 g/mol. The maximum atomic E-state index is 12.5. The lowest BCUT2D eigenvalue weighted by atomic mass is 9.85. The molecule has 1 unspecified atom stereocenters. The van der Waals surface area contributed by atoms with Gasteiger partial charge in [-0.3, -0.25) is 14.4 Å². The van der Waals surface area contributed by atoms with E-state index in [2.05, 4.69) is 11.1 Å². The Labute approximate surface area is 156 Å². The summed E-state index contributed by atoms with van der Waals surface area (Å²) in [5, 5.41) is 4.80. The number of aromatic nitrogens is 2. The van der Waals surface area contributed by atoms with E-state index in [-0.39, 0.29) is 12.0 Å². The van der Waals surface area contributed by atoms with Crippen LogP contribution in [0.1, 0.15) is 62.1 Å². The summed E-state index contributed by atoms with van der Waals surface area (Å²) in [4.78, 5) is 17.0. The van der Waals surface area contributed by atoms with Gasteiger partial charge in [-0.15, -0.1) is 0 Å². The molecule has 0 aromatic carbocycles. The first-order valence-corrected chi connectivity index (χ1v) is 10.4. The Morgan fingerprint density at radius 2 is 1.88 bits per heavy atom. The highest BCUT2D eigenvalue weighted by Gasteiger charge is 2.31. The lowest BCUT2D eigenvalue weighted by Gasteiger charge is -2.35. The Morgan fingerprint density at radius 1 is 1.12 bits per heavy atom. The SMILES string of the molecule is Cn1cc(CN2CCN(C(=O)C3CCCO3)CC2)c(C2CCCCC2)n1. The van der Waals surface area contributed by atoms with Crippen molar-refractivity contribution < 1.29 is 9.53 Å². The number of ether oxygens (including phenoxy) is 1. The maximum absolute atomic E-state index is 12.5.